The largest absolute Gasteiger partial charge is 0.468 e. The van der Waals surface area contributed by atoms with Crippen molar-refractivity contribution in [3.8, 4) is 5.75 Å². The highest BCUT2D eigenvalue weighted by Gasteiger charge is 2.55. The van der Waals surface area contributed by atoms with Crippen LogP contribution in [0.2, 0.25) is 0 Å². The maximum absolute atomic E-state index is 13.3. The predicted octanol–water partition coefficient (Wildman–Crippen LogP) is 2.88. The fraction of sp³-hybridized carbons (Fsp3) is 0.391. The zero-order valence-electron chi connectivity index (χ0n) is 17.7. The van der Waals surface area contributed by atoms with Gasteiger partial charge >= 0.3 is 0 Å². The lowest BCUT2D eigenvalue weighted by Gasteiger charge is -2.52. The fourth-order valence-corrected chi connectivity index (χ4v) is 5.50. The van der Waals surface area contributed by atoms with Crippen LogP contribution in [0.1, 0.15) is 47.8 Å². The second-order valence-electron chi connectivity index (χ2n) is 8.46. The first-order chi connectivity index (χ1) is 15.4. The minimum atomic E-state index is -0.895. The predicted molar refractivity (Wildman–Crippen MR) is 117 cm³/mol. The Labute approximate surface area is 189 Å². The summed E-state index contributed by atoms with van der Waals surface area (Å²) in [6.07, 6.45) is 2.29. The third-order valence-corrected chi connectivity index (χ3v) is 7.13. The van der Waals surface area contributed by atoms with Crippen LogP contribution in [0.3, 0.4) is 0 Å². The van der Waals surface area contributed by atoms with Crippen LogP contribution in [-0.4, -0.2) is 39.1 Å². The van der Waals surface area contributed by atoms with Gasteiger partial charge in [-0.1, -0.05) is 29.4 Å². The van der Waals surface area contributed by atoms with Crippen LogP contribution in [0, 0.1) is 5.92 Å². The number of amides is 2. The van der Waals surface area contributed by atoms with Crippen LogP contribution in [0.5, 0.6) is 5.75 Å². The van der Waals surface area contributed by atoms with Gasteiger partial charge in [-0.05, 0) is 36.4 Å². The summed E-state index contributed by atoms with van der Waals surface area (Å²) >= 11 is 1.65. The Bertz CT molecular complexity index is 1140. The van der Waals surface area contributed by atoms with Crippen molar-refractivity contribution in [2.45, 2.75) is 44.2 Å². The molecule has 0 unspecified atom stereocenters. The lowest BCUT2D eigenvalue weighted by atomic mass is 9.73. The van der Waals surface area contributed by atoms with Crippen LogP contribution in [0.25, 0.3) is 0 Å². The molecule has 0 aliphatic carbocycles. The smallest absolute Gasteiger partial charge is 0.238 e. The van der Waals surface area contributed by atoms with Crippen molar-refractivity contribution >= 4 is 23.2 Å². The summed E-state index contributed by atoms with van der Waals surface area (Å²) < 4.78 is 11.6. The average Bonchev–Trinajstić information content (AvgIpc) is 3.42. The van der Waals surface area contributed by atoms with Gasteiger partial charge in [0.2, 0.25) is 17.7 Å². The van der Waals surface area contributed by atoms with Gasteiger partial charge in [0.05, 0.1) is 0 Å². The highest BCUT2D eigenvalue weighted by molar-refractivity contribution is 7.09. The van der Waals surface area contributed by atoms with Crippen molar-refractivity contribution in [2.75, 3.05) is 6.54 Å². The van der Waals surface area contributed by atoms with E-state index in [4.69, 9.17) is 15.0 Å². The normalized spacial score (nSPS) is 24.2. The number of piperidine rings is 1. The summed E-state index contributed by atoms with van der Waals surface area (Å²) in [6.45, 7) is 2.30. The second kappa shape index (κ2) is 8.05. The number of aryl methyl sites for hydroxylation is 1. The van der Waals surface area contributed by atoms with E-state index in [-0.39, 0.29) is 11.8 Å². The molecule has 3 aromatic rings. The molecule has 1 saturated heterocycles. The van der Waals surface area contributed by atoms with Crippen LogP contribution in [-0.2, 0) is 22.4 Å². The number of carbonyl (C=O) groups is 2. The number of aromatic nitrogens is 2. The molecule has 166 valence electrons. The lowest BCUT2D eigenvalue weighted by molar-refractivity contribution is -0.175. The van der Waals surface area contributed by atoms with Gasteiger partial charge < -0.3 is 19.9 Å². The Kier molecular flexibility index (Phi) is 5.21. The third kappa shape index (κ3) is 3.66. The number of hydrogen-bond donors (Lipinski definition) is 1. The number of likely N-dealkylation sites (tertiary alicyclic amines) is 1. The summed E-state index contributed by atoms with van der Waals surface area (Å²) in [5.41, 5.74) is 5.71. The Morgan fingerprint density at radius 3 is 2.94 bits per heavy atom. The molecule has 5 rings (SSSR count). The molecule has 3 atom stereocenters. The van der Waals surface area contributed by atoms with Gasteiger partial charge in [0, 0.05) is 36.6 Å². The van der Waals surface area contributed by atoms with Crippen LogP contribution < -0.4 is 10.5 Å². The van der Waals surface area contributed by atoms with Gasteiger partial charge in [-0.2, -0.15) is 4.98 Å². The van der Waals surface area contributed by atoms with E-state index in [0.29, 0.717) is 49.7 Å². The Balaban J connectivity index is 1.30. The molecule has 2 amide bonds. The van der Waals surface area contributed by atoms with E-state index in [0.717, 1.165) is 5.56 Å². The summed E-state index contributed by atoms with van der Waals surface area (Å²) in [4.78, 5) is 32.9. The molecule has 2 aliphatic rings. The summed E-state index contributed by atoms with van der Waals surface area (Å²) in [5, 5.41) is 6.07. The van der Waals surface area contributed by atoms with Crippen molar-refractivity contribution in [2.24, 2.45) is 11.7 Å². The van der Waals surface area contributed by atoms with Crippen molar-refractivity contribution < 1.29 is 18.8 Å². The minimum absolute atomic E-state index is 0.276. The number of primary amides is 1. The van der Waals surface area contributed by atoms with Crippen LogP contribution >= 0.6 is 11.3 Å². The number of nitrogens with two attached hydrogens (primary N) is 1. The van der Waals surface area contributed by atoms with Gasteiger partial charge in [-0.25, -0.2) is 0 Å². The van der Waals surface area contributed by atoms with Crippen molar-refractivity contribution in [3.63, 3.8) is 0 Å². The standard InChI is InChI=1S/C23H24N4O4S/c1-23-13-16(15-7-2-3-8-17(15)30-23)20(21(24)28)22(29)27(23)10-4-9-19-25-18(26-31-19)12-14-6-5-11-32-14/h2-3,5-8,11,16,20H,4,9-10,12-13H2,1H3,(H2,24,28)/t16-,20-,23-/m0/s1. The third-order valence-electron chi connectivity index (χ3n) is 6.25. The fourth-order valence-electron chi connectivity index (χ4n) is 4.80. The zero-order valence-corrected chi connectivity index (χ0v) is 18.5. The number of thiophene rings is 1. The van der Waals surface area contributed by atoms with E-state index in [2.05, 4.69) is 10.1 Å². The molecule has 0 saturated carbocycles. The van der Waals surface area contributed by atoms with Crippen LogP contribution in [0.4, 0.5) is 0 Å². The van der Waals surface area contributed by atoms with E-state index >= 15 is 0 Å². The quantitative estimate of drug-likeness (QED) is 0.552. The van der Waals surface area contributed by atoms with E-state index < -0.39 is 17.6 Å². The average molecular weight is 453 g/mol. The molecule has 32 heavy (non-hydrogen) atoms. The van der Waals surface area contributed by atoms with E-state index in [1.165, 1.54) is 4.88 Å². The molecular formula is C23H24N4O4S. The van der Waals surface area contributed by atoms with Crippen LogP contribution in [0.15, 0.2) is 46.3 Å². The molecule has 1 aromatic carbocycles. The first-order valence-electron chi connectivity index (χ1n) is 10.7. The molecule has 0 spiro atoms. The zero-order chi connectivity index (χ0) is 22.3. The van der Waals surface area contributed by atoms with E-state index in [9.17, 15) is 9.59 Å². The second-order valence-corrected chi connectivity index (χ2v) is 9.49. The molecule has 2 aromatic heterocycles. The molecule has 2 N–H and O–H groups in total. The SMILES string of the molecule is C[C@@]12C[C@@H](c3ccccc3O1)[C@@H](C(N)=O)C(=O)N2CCCc1nc(Cc2cccs2)no1. The summed E-state index contributed by atoms with van der Waals surface area (Å²) in [7, 11) is 0. The maximum Gasteiger partial charge on any atom is 0.238 e. The molecule has 1 fully saturated rings. The molecular weight excluding hydrogens is 428 g/mol. The van der Waals surface area contributed by atoms with Crippen molar-refractivity contribution in [3.05, 3.63) is 63.9 Å². The van der Waals surface area contributed by atoms with E-state index in [1.807, 2.05) is 48.7 Å². The minimum Gasteiger partial charge on any atom is -0.468 e. The summed E-state index contributed by atoms with van der Waals surface area (Å²) in [5.74, 6) is -0.174. The molecule has 0 radical (unpaired) electrons. The Hall–Kier alpha value is -3.20. The number of benzene rings is 1. The maximum atomic E-state index is 13.3. The first kappa shape index (κ1) is 20.7. The Morgan fingerprint density at radius 1 is 1.31 bits per heavy atom. The number of rotatable bonds is 7. The van der Waals surface area contributed by atoms with Crippen molar-refractivity contribution in [1.29, 1.82) is 0 Å². The summed E-state index contributed by atoms with van der Waals surface area (Å²) in [6, 6.07) is 11.6. The molecule has 2 aliphatic heterocycles. The number of carbonyl (C=O) groups excluding carboxylic acids is 2. The van der Waals surface area contributed by atoms with Crippen molar-refractivity contribution in [1.82, 2.24) is 15.0 Å². The molecule has 9 heteroatoms. The topological polar surface area (TPSA) is 112 Å². The monoisotopic (exact) mass is 452 g/mol. The number of ether oxygens (including phenoxy) is 1. The van der Waals surface area contributed by atoms with Gasteiger partial charge in [-0.3, -0.25) is 9.59 Å². The number of nitrogens with zero attached hydrogens (tertiary/aromatic N) is 3. The highest BCUT2D eigenvalue weighted by atomic mass is 32.1. The van der Waals surface area contributed by atoms with E-state index in [1.54, 1.807) is 16.2 Å². The highest BCUT2D eigenvalue weighted by Crippen LogP contribution is 2.50. The first-order valence-corrected chi connectivity index (χ1v) is 11.6. The number of hydrogen-bond acceptors (Lipinski definition) is 7. The van der Waals surface area contributed by atoms with Gasteiger partial charge in [-0.15, -0.1) is 11.3 Å². The van der Waals surface area contributed by atoms with Gasteiger partial charge in [0.1, 0.15) is 11.7 Å². The number of para-hydroxylation sites is 1. The van der Waals surface area contributed by atoms with Gasteiger partial charge in [0.25, 0.3) is 0 Å². The molecule has 4 heterocycles. The van der Waals surface area contributed by atoms with Gasteiger partial charge in [0.15, 0.2) is 11.5 Å². The molecule has 8 nitrogen and oxygen atoms in total. The number of fused-ring (bicyclic) bond motifs is 4. The Morgan fingerprint density at radius 2 is 2.16 bits per heavy atom. The lowest BCUT2D eigenvalue weighted by Crippen LogP contribution is -2.64. The molecule has 2 bridgehead atoms.